The number of amides is 2. The molecule has 2 aromatic rings. The highest BCUT2D eigenvalue weighted by molar-refractivity contribution is 7.09. The minimum absolute atomic E-state index is 0.0287. The third-order valence-electron chi connectivity index (χ3n) is 3.22. The molecular formula is C16H20N4O2S. The molecule has 2 rings (SSSR count). The van der Waals surface area contributed by atoms with Gasteiger partial charge in [0.05, 0.1) is 11.7 Å². The van der Waals surface area contributed by atoms with Gasteiger partial charge in [0.25, 0.3) is 11.8 Å². The minimum atomic E-state index is -0.371. The van der Waals surface area contributed by atoms with E-state index in [1.54, 1.807) is 0 Å². The molecule has 7 heteroatoms. The maximum Gasteiger partial charge on any atom is 0.273 e. The Bertz CT molecular complexity index is 697. The third-order valence-corrected chi connectivity index (χ3v) is 4.08. The zero-order valence-corrected chi connectivity index (χ0v) is 14.1. The molecule has 0 aliphatic carbocycles. The van der Waals surface area contributed by atoms with Gasteiger partial charge in [0.1, 0.15) is 4.88 Å². The van der Waals surface area contributed by atoms with Crippen LogP contribution in [0.3, 0.4) is 0 Å². The number of nitrogens with two attached hydrogens (primary N) is 1. The summed E-state index contributed by atoms with van der Waals surface area (Å²) >= 11 is 0.929. The molecule has 1 aromatic carbocycles. The first-order valence-corrected chi connectivity index (χ1v) is 8.09. The van der Waals surface area contributed by atoms with E-state index in [0.29, 0.717) is 0 Å². The zero-order valence-electron chi connectivity index (χ0n) is 13.3. The monoisotopic (exact) mass is 332 g/mol. The molecule has 0 fully saturated rings. The van der Waals surface area contributed by atoms with E-state index in [2.05, 4.69) is 15.0 Å². The SMILES string of the molecule is CC(C)NC(=O)c1nsc(C(=O)NC(C)c2ccccc2)c1N. The van der Waals surface area contributed by atoms with Crippen molar-refractivity contribution in [1.29, 1.82) is 0 Å². The zero-order chi connectivity index (χ0) is 17.0. The minimum Gasteiger partial charge on any atom is -0.395 e. The topological polar surface area (TPSA) is 97.1 Å². The molecule has 0 spiro atoms. The maximum absolute atomic E-state index is 12.4. The second-order valence-electron chi connectivity index (χ2n) is 5.51. The third kappa shape index (κ3) is 4.07. The van der Waals surface area contributed by atoms with Crippen LogP contribution in [0, 0.1) is 0 Å². The first-order chi connectivity index (χ1) is 10.9. The Morgan fingerprint density at radius 1 is 1.09 bits per heavy atom. The number of nitrogens with zero attached hydrogens (tertiary/aromatic N) is 1. The van der Waals surface area contributed by atoms with Gasteiger partial charge in [0, 0.05) is 6.04 Å². The summed E-state index contributed by atoms with van der Waals surface area (Å²) in [5.41, 5.74) is 7.12. The van der Waals surface area contributed by atoms with Crippen molar-refractivity contribution in [2.45, 2.75) is 32.9 Å². The molecule has 1 heterocycles. The molecule has 4 N–H and O–H groups in total. The lowest BCUT2D eigenvalue weighted by atomic mass is 10.1. The van der Waals surface area contributed by atoms with E-state index in [4.69, 9.17) is 5.73 Å². The van der Waals surface area contributed by atoms with Gasteiger partial charge in [-0.25, -0.2) is 0 Å². The van der Waals surface area contributed by atoms with Crippen LogP contribution in [0.2, 0.25) is 0 Å². The summed E-state index contributed by atoms with van der Waals surface area (Å²) in [5, 5.41) is 5.58. The summed E-state index contributed by atoms with van der Waals surface area (Å²) in [5.74, 6) is -0.705. The van der Waals surface area contributed by atoms with Gasteiger partial charge in [-0.1, -0.05) is 30.3 Å². The lowest BCUT2D eigenvalue weighted by molar-refractivity contribution is 0.0938. The van der Waals surface area contributed by atoms with Crippen molar-refractivity contribution in [3.8, 4) is 0 Å². The Hall–Kier alpha value is -2.41. The first-order valence-electron chi connectivity index (χ1n) is 7.32. The summed E-state index contributed by atoms with van der Waals surface area (Å²) in [7, 11) is 0. The highest BCUT2D eigenvalue weighted by Gasteiger charge is 2.23. The first kappa shape index (κ1) is 17.0. The number of anilines is 1. The van der Waals surface area contributed by atoms with E-state index in [1.807, 2.05) is 51.1 Å². The van der Waals surface area contributed by atoms with E-state index < -0.39 is 0 Å². The van der Waals surface area contributed by atoms with Crippen LogP contribution < -0.4 is 16.4 Å². The number of carbonyl (C=O) groups is 2. The fourth-order valence-electron chi connectivity index (χ4n) is 2.04. The molecule has 23 heavy (non-hydrogen) atoms. The average Bonchev–Trinajstić information content (AvgIpc) is 2.89. The van der Waals surface area contributed by atoms with Crippen molar-refractivity contribution in [3.05, 3.63) is 46.5 Å². The summed E-state index contributed by atoms with van der Waals surface area (Å²) in [6.45, 7) is 5.57. The predicted molar refractivity (Wildman–Crippen MR) is 91.5 cm³/mol. The summed E-state index contributed by atoms with van der Waals surface area (Å²) < 4.78 is 4.01. The largest absolute Gasteiger partial charge is 0.395 e. The highest BCUT2D eigenvalue weighted by atomic mass is 32.1. The van der Waals surface area contributed by atoms with Crippen LogP contribution in [-0.2, 0) is 0 Å². The van der Waals surface area contributed by atoms with Crippen LogP contribution in [0.25, 0.3) is 0 Å². The lowest BCUT2D eigenvalue weighted by Gasteiger charge is -2.13. The lowest BCUT2D eigenvalue weighted by Crippen LogP contribution is -2.31. The highest BCUT2D eigenvalue weighted by Crippen LogP contribution is 2.23. The van der Waals surface area contributed by atoms with Crippen molar-refractivity contribution >= 4 is 29.0 Å². The molecule has 1 unspecified atom stereocenters. The number of benzene rings is 1. The molecule has 1 aromatic heterocycles. The maximum atomic E-state index is 12.4. The Kier molecular flexibility index (Phi) is 5.33. The van der Waals surface area contributed by atoms with Crippen LogP contribution in [0.15, 0.2) is 30.3 Å². The van der Waals surface area contributed by atoms with E-state index >= 15 is 0 Å². The van der Waals surface area contributed by atoms with Gasteiger partial charge >= 0.3 is 0 Å². The molecule has 0 saturated carbocycles. The fraction of sp³-hybridized carbons (Fsp3) is 0.312. The van der Waals surface area contributed by atoms with Gasteiger partial charge in [-0.2, -0.15) is 4.37 Å². The molecule has 6 nitrogen and oxygen atoms in total. The summed E-state index contributed by atoms with van der Waals surface area (Å²) in [6.07, 6.45) is 0. The summed E-state index contributed by atoms with van der Waals surface area (Å²) in [4.78, 5) is 24.6. The van der Waals surface area contributed by atoms with Crippen LogP contribution >= 0.6 is 11.5 Å². The van der Waals surface area contributed by atoms with Gasteiger partial charge in [-0.05, 0) is 37.9 Å². The van der Waals surface area contributed by atoms with Crippen molar-refractivity contribution in [2.24, 2.45) is 0 Å². The molecule has 0 aliphatic rings. The molecular weight excluding hydrogens is 312 g/mol. The molecule has 0 radical (unpaired) electrons. The van der Waals surface area contributed by atoms with Crippen molar-refractivity contribution in [2.75, 3.05) is 5.73 Å². The molecule has 0 aliphatic heterocycles. The van der Waals surface area contributed by atoms with Crippen molar-refractivity contribution in [3.63, 3.8) is 0 Å². The van der Waals surface area contributed by atoms with Crippen LogP contribution in [0.5, 0.6) is 0 Å². The molecule has 1 atom stereocenters. The van der Waals surface area contributed by atoms with Gasteiger partial charge in [0.2, 0.25) is 0 Å². The smallest absolute Gasteiger partial charge is 0.273 e. The van der Waals surface area contributed by atoms with Crippen LogP contribution in [0.1, 0.15) is 52.5 Å². The van der Waals surface area contributed by atoms with E-state index in [0.717, 1.165) is 17.1 Å². The number of aromatic nitrogens is 1. The Morgan fingerprint density at radius 2 is 1.74 bits per heavy atom. The molecule has 122 valence electrons. The van der Waals surface area contributed by atoms with Gasteiger partial charge < -0.3 is 16.4 Å². The van der Waals surface area contributed by atoms with Crippen LogP contribution in [0.4, 0.5) is 5.69 Å². The second-order valence-corrected chi connectivity index (χ2v) is 6.28. The normalized spacial score (nSPS) is 12.0. The molecule has 2 amide bonds. The predicted octanol–water partition coefficient (Wildman–Crippen LogP) is 2.35. The van der Waals surface area contributed by atoms with Crippen molar-refractivity contribution in [1.82, 2.24) is 15.0 Å². The number of hydrogen-bond acceptors (Lipinski definition) is 5. The van der Waals surface area contributed by atoms with E-state index in [1.165, 1.54) is 0 Å². The standard InChI is InChI=1S/C16H20N4O2S/c1-9(2)18-15(21)13-12(17)14(23-20-13)16(22)19-10(3)11-7-5-4-6-8-11/h4-10H,17H2,1-3H3,(H,18,21)(H,19,22). The number of rotatable bonds is 5. The Labute approximate surface area is 139 Å². The van der Waals surface area contributed by atoms with E-state index in [-0.39, 0.29) is 40.2 Å². The Balaban J connectivity index is 2.11. The Morgan fingerprint density at radius 3 is 2.35 bits per heavy atom. The average molecular weight is 332 g/mol. The molecule has 0 bridgehead atoms. The number of nitrogen functional groups attached to an aromatic ring is 1. The van der Waals surface area contributed by atoms with Gasteiger partial charge in [-0.15, -0.1) is 0 Å². The second kappa shape index (κ2) is 7.23. The quantitative estimate of drug-likeness (QED) is 0.783. The fourth-order valence-corrected chi connectivity index (χ4v) is 2.74. The van der Waals surface area contributed by atoms with Crippen LogP contribution in [-0.4, -0.2) is 22.2 Å². The number of hydrogen-bond donors (Lipinski definition) is 3. The van der Waals surface area contributed by atoms with E-state index in [9.17, 15) is 9.59 Å². The van der Waals surface area contributed by atoms with Gasteiger partial charge in [-0.3, -0.25) is 9.59 Å². The van der Waals surface area contributed by atoms with Crippen molar-refractivity contribution < 1.29 is 9.59 Å². The number of nitrogens with one attached hydrogen (secondary N) is 2. The number of carbonyl (C=O) groups excluding carboxylic acids is 2. The summed E-state index contributed by atoms with van der Waals surface area (Å²) in [6, 6.07) is 9.40. The van der Waals surface area contributed by atoms with Gasteiger partial charge in [0.15, 0.2) is 5.69 Å². The molecule has 0 saturated heterocycles.